The molecule has 2 N–H and O–H groups in total. The van der Waals surface area contributed by atoms with Crippen molar-refractivity contribution >= 4 is 22.6 Å². The van der Waals surface area contributed by atoms with Crippen LogP contribution >= 0.6 is 11.6 Å². The number of aromatic nitrogens is 2. The maximum absolute atomic E-state index is 6.16. The van der Waals surface area contributed by atoms with E-state index in [1.54, 1.807) is 0 Å². The molecular formula is C17H18ClN3. The number of benzene rings is 2. The van der Waals surface area contributed by atoms with Gasteiger partial charge in [0.05, 0.1) is 16.7 Å². The van der Waals surface area contributed by atoms with Crippen LogP contribution in [0.4, 0.5) is 0 Å². The van der Waals surface area contributed by atoms with Gasteiger partial charge < -0.3 is 5.73 Å². The Morgan fingerprint density at radius 3 is 2.86 bits per heavy atom. The molecule has 3 nitrogen and oxygen atoms in total. The third-order valence-corrected chi connectivity index (χ3v) is 4.00. The largest absolute Gasteiger partial charge is 0.327 e. The fourth-order valence-corrected chi connectivity index (χ4v) is 2.73. The second-order valence-corrected chi connectivity index (χ2v) is 5.69. The molecule has 21 heavy (non-hydrogen) atoms. The number of hydrogen-bond donors (Lipinski definition) is 1. The highest BCUT2D eigenvalue weighted by Crippen LogP contribution is 2.25. The van der Waals surface area contributed by atoms with E-state index in [9.17, 15) is 0 Å². The zero-order valence-electron chi connectivity index (χ0n) is 12.0. The molecule has 4 heteroatoms. The molecule has 1 heterocycles. The maximum atomic E-state index is 6.16. The predicted octanol–water partition coefficient (Wildman–Crippen LogP) is 3.96. The molecule has 0 aliphatic rings. The molecule has 0 saturated carbocycles. The van der Waals surface area contributed by atoms with Crippen molar-refractivity contribution in [2.45, 2.75) is 25.8 Å². The van der Waals surface area contributed by atoms with E-state index in [2.05, 4.69) is 22.5 Å². The molecule has 0 bridgehead atoms. The van der Waals surface area contributed by atoms with Gasteiger partial charge in [0.1, 0.15) is 6.33 Å². The van der Waals surface area contributed by atoms with Gasteiger partial charge >= 0.3 is 0 Å². The van der Waals surface area contributed by atoms with Crippen molar-refractivity contribution in [3.05, 3.63) is 59.4 Å². The Labute approximate surface area is 129 Å². The summed E-state index contributed by atoms with van der Waals surface area (Å²) in [4.78, 5) is 4.46. The summed E-state index contributed by atoms with van der Waals surface area (Å²) in [6.45, 7) is 2.10. The molecule has 1 aromatic heterocycles. The standard InChI is InChI=1S/C17H18ClN3/c1-2-14(19)10-12-9-13(18)7-8-16(12)21-11-20-15-5-3-4-6-17(15)21/h3-9,11,14H,2,10,19H2,1H3. The lowest BCUT2D eigenvalue weighted by atomic mass is 10.0. The van der Waals surface area contributed by atoms with E-state index in [4.69, 9.17) is 17.3 Å². The van der Waals surface area contributed by atoms with E-state index in [-0.39, 0.29) is 6.04 Å². The number of hydrogen-bond acceptors (Lipinski definition) is 2. The van der Waals surface area contributed by atoms with Crippen LogP contribution < -0.4 is 5.73 Å². The minimum Gasteiger partial charge on any atom is -0.327 e. The van der Waals surface area contributed by atoms with Gasteiger partial charge in [0.2, 0.25) is 0 Å². The first-order chi connectivity index (χ1) is 10.2. The van der Waals surface area contributed by atoms with Gasteiger partial charge in [-0.15, -0.1) is 0 Å². The smallest absolute Gasteiger partial charge is 0.100 e. The summed E-state index contributed by atoms with van der Waals surface area (Å²) in [5, 5.41) is 0.737. The molecule has 0 aliphatic carbocycles. The van der Waals surface area contributed by atoms with Gasteiger partial charge in [-0.1, -0.05) is 30.7 Å². The van der Waals surface area contributed by atoms with Crippen molar-refractivity contribution in [3.8, 4) is 5.69 Å². The van der Waals surface area contributed by atoms with Crippen LogP contribution in [0.15, 0.2) is 48.8 Å². The number of para-hydroxylation sites is 2. The predicted molar refractivity (Wildman–Crippen MR) is 88.1 cm³/mol. The van der Waals surface area contributed by atoms with E-state index in [0.717, 1.165) is 40.1 Å². The second kappa shape index (κ2) is 5.88. The normalized spacial score (nSPS) is 12.7. The van der Waals surface area contributed by atoms with Gasteiger partial charge in [0.15, 0.2) is 0 Å². The van der Waals surface area contributed by atoms with Crippen molar-refractivity contribution in [2.75, 3.05) is 0 Å². The fraction of sp³-hybridized carbons (Fsp3) is 0.235. The first kappa shape index (κ1) is 14.1. The number of rotatable bonds is 4. The first-order valence-corrected chi connectivity index (χ1v) is 7.53. The summed E-state index contributed by atoms with van der Waals surface area (Å²) in [7, 11) is 0. The van der Waals surface area contributed by atoms with Crippen molar-refractivity contribution in [1.29, 1.82) is 0 Å². The Morgan fingerprint density at radius 2 is 2.05 bits per heavy atom. The Bertz CT molecular complexity index is 764. The third kappa shape index (κ3) is 2.80. The molecule has 0 radical (unpaired) electrons. The van der Waals surface area contributed by atoms with Gasteiger partial charge in [-0.2, -0.15) is 0 Å². The van der Waals surface area contributed by atoms with E-state index < -0.39 is 0 Å². The number of nitrogens with two attached hydrogens (primary N) is 1. The summed E-state index contributed by atoms with van der Waals surface area (Å²) in [6.07, 6.45) is 3.60. The molecule has 1 unspecified atom stereocenters. The monoisotopic (exact) mass is 299 g/mol. The summed E-state index contributed by atoms with van der Waals surface area (Å²) in [5.74, 6) is 0. The number of imidazole rings is 1. The van der Waals surface area contributed by atoms with Gasteiger partial charge in [-0.25, -0.2) is 4.98 Å². The zero-order chi connectivity index (χ0) is 14.8. The lowest BCUT2D eigenvalue weighted by Gasteiger charge is -2.15. The van der Waals surface area contributed by atoms with Crippen LogP contribution in [0.1, 0.15) is 18.9 Å². The topological polar surface area (TPSA) is 43.8 Å². The molecule has 0 amide bonds. The molecule has 1 atom stereocenters. The molecule has 108 valence electrons. The molecular weight excluding hydrogens is 282 g/mol. The molecule has 0 spiro atoms. The SMILES string of the molecule is CCC(N)Cc1cc(Cl)ccc1-n1cnc2ccccc21. The quantitative estimate of drug-likeness (QED) is 0.792. The number of fused-ring (bicyclic) bond motifs is 1. The van der Waals surface area contributed by atoms with Gasteiger partial charge in [0.25, 0.3) is 0 Å². The van der Waals surface area contributed by atoms with Crippen LogP contribution in [0.5, 0.6) is 0 Å². The van der Waals surface area contributed by atoms with Crippen LogP contribution in [0, 0.1) is 0 Å². The number of halogens is 1. The third-order valence-electron chi connectivity index (χ3n) is 3.76. The molecule has 3 rings (SSSR count). The van der Waals surface area contributed by atoms with E-state index in [1.165, 1.54) is 0 Å². The summed E-state index contributed by atoms with van der Waals surface area (Å²) in [6, 6.07) is 14.2. The Balaban J connectivity index is 2.13. The molecule has 0 fully saturated rings. The highest BCUT2D eigenvalue weighted by atomic mass is 35.5. The van der Waals surface area contributed by atoms with Gasteiger partial charge in [-0.05, 0) is 48.7 Å². The number of nitrogens with zero attached hydrogens (tertiary/aromatic N) is 2. The Hall–Kier alpha value is -1.84. The molecule has 3 aromatic rings. The van der Waals surface area contributed by atoms with Crippen molar-refractivity contribution in [2.24, 2.45) is 5.73 Å². The van der Waals surface area contributed by atoms with Crippen LogP contribution in [0.3, 0.4) is 0 Å². The highest BCUT2D eigenvalue weighted by molar-refractivity contribution is 6.30. The first-order valence-electron chi connectivity index (χ1n) is 7.15. The Morgan fingerprint density at radius 1 is 1.24 bits per heavy atom. The lowest BCUT2D eigenvalue weighted by Crippen LogP contribution is -2.22. The summed E-state index contributed by atoms with van der Waals surface area (Å²) >= 11 is 6.16. The minimum atomic E-state index is 0.136. The molecule has 0 aliphatic heterocycles. The van der Waals surface area contributed by atoms with Gasteiger partial charge in [-0.3, -0.25) is 4.57 Å². The zero-order valence-corrected chi connectivity index (χ0v) is 12.7. The maximum Gasteiger partial charge on any atom is 0.100 e. The van der Waals surface area contributed by atoms with Crippen LogP contribution in [-0.4, -0.2) is 15.6 Å². The van der Waals surface area contributed by atoms with Crippen LogP contribution in [0.2, 0.25) is 5.02 Å². The fourth-order valence-electron chi connectivity index (χ4n) is 2.53. The van der Waals surface area contributed by atoms with Crippen molar-refractivity contribution < 1.29 is 0 Å². The van der Waals surface area contributed by atoms with Crippen molar-refractivity contribution in [1.82, 2.24) is 9.55 Å². The van der Waals surface area contributed by atoms with Crippen LogP contribution in [0.25, 0.3) is 16.7 Å². The average molecular weight is 300 g/mol. The summed E-state index contributed by atoms with van der Waals surface area (Å²) < 4.78 is 2.10. The minimum absolute atomic E-state index is 0.136. The van der Waals surface area contributed by atoms with E-state index in [1.807, 2.05) is 42.7 Å². The second-order valence-electron chi connectivity index (χ2n) is 5.25. The van der Waals surface area contributed by atoms with Crippen molar-refractivity contribution in [3.63, 3.8) is 0 Å². The van der Waals surface area contributed by atoms with E-state index in [0.29, 0.717) is 0 Å². The lowest BCUT2D eigenvalue weighted by molar-refractivity contribution is 0.644. The van der Waals surface area contributed by atoms with E-state index >= 15 is 0 Å². The average Bonchev–Trinajstić information content (AvgIpc) is 2.91. The van der Waals surface area contributed by atoms with Crippen LogP contribution in [-0.2, 0) is 6.42 Å². The Kier molecular flexibility index (Phi) is 3.95. The molecule has 0 saturated heterocycles. The van der Waals surface area contributed by atoms with Gasteiger partial charge in [0, 0.05) is 11.1 Å². The summed E-state index contributed by atoms with van der Waals surface area (Å²) in [5.41, 5.74) is 10.4. The molecule has 2 aromatic carbocycles. The highest BCUT2D eigenvalue weighted by Gasteiger charge is 2.11.